The number of nitrogens with zero attached hydrogens (tertiary/aromatic N) is 2. The number of carbonyl (C=O) groups is 2. The zero-order valence-electron chi connectivity index (χ0n) is 13.8. The van der Waals surface area contributed by atoms with E-state index >= 15 is 0 Å². The molecule has 6 heteroatoms. The van der Waals surface area contributed by atoms with E-state index < -0.39 is 0 Å². The molecule has 126 valence electrons. The van der Waals surface area contributed by atoms with E-state index in [2.05, 4.69) is 45.4 Å². The summed E-state index contributed by atoms with van der Waals surface area (Å²) in [6, 6.07) is 4.39. The number of aromatic nitrogens is 1. The van der Waals surface area contributed by atoms with E-state index in [1.54, 1.807) is 0 Å². The first-order valence-electron chi connectivity index (χ1n) is 8.63. The molecule has 1 atom stereocenters. The summed E-state index contributed by atoms with van der Waals surface area (Å²) >= 11 is 0. The molecule has 23 heavy (non-hydrogen) atoms. The first-order chi connectivity index (χ1) is 11.1. The lowest BCUT2D eigenvalue weighted by Crippen LogP contribution is -2.45. The minimum atomic E-state index is -0.345. The topological polar surface area (TPSA) is 66.4 Å². The number of hydrogen-bond acceptors (Lipinski definition) is 3. The van der Waals surface area contributed by atoms with Crippen LogP contribution in [0.25, 0.3) is 0 Å². The molecule has 1 aromatic rings. The number of imide groups is 1. The highest BCUT2D eigenvalue weighted by Gasteiger charge is 2.24. The van der Waals surface area contributed by atoms with Crippen molar-refractivity contribution >= 4 is 11.9 Å². The van der Waals surface area contributed by atoms with Crippen molar-refractivity contribution in [3.05, 3.63) is 24.0 Å². The van der Waals surface area contributed by atoms with Crippen LogP contribution < -0.4 is 10.6 Å². The summed E-state index contributed by atoms with van der Waals surface area (Å²) in [6.45, 7) is 4.73. The minimum absolute atomic E-state index is 0.200. The van der Waals surface area contributed by atoms with Crippen LogP contribution in [0.3, 0.4) is 0 Å². The molecule has 1 saturated carbocycles. The molecule has 1 aliphatic heterocycles. The van der Waals surface area contributed by atoms with Crippen LogP contribution in [-0.4, -0.2) is 40.5 Å². The van der Waals surface area contributed by atoms with Gasteiger partial charge >= 0.3 is 6.03 Å². The minimum Gasteiger partial charge on any atom is -0.349 e. The molecule has 3 rings (SSSR count). The van der Waals surface area contributed by atoms with Gasteiger partial charge < -0.3 is 9.88 Å². The normalized spacial score (nSPS) is 21.9. The molecule has 3 amide bonds. The quantitative estimate of drug-likeness (QED) is 0.892. The van der Waals surface area contributed by atoms with Gasteiger partial charge in [-0.3, -0.25) is 15.0 Å². The summed E-state index contributed by atoms with van der Waals surface area (Å²) in [5, 5.41) is 5.33. The molecule has 0 saturated heterocycles. The van der Waals surface area contributed by atoms with Gasteiger partial charge in [-0.15, -0.1) is 0 Å². The Balaban J connectivity index is 1.41. The van der Waals surface area contributed by atoms with Gasteiger partial charge in [-0.05, 0) is 31.9 Å². The molecule has 2 aliphatic rings. The Morgan fingerprint density at radius 3 is 2.83 bits per heavy atom. The molecule has 1 unspecified atom stereocenters. The van der Waals surface area contributed by atoms with E-state index in [1.165, 1.54) is 5.69 Å². The third-order valence-corrected chi connectivity index (χ3v) is 5.04. The second-order valence-corrected chi connectivity index (χ2v) is 6.59. The summed E-state index contributed by atoms with van der Waals surface area (Å²) in [6.07, 6.45) is 6.81. The second-order valence-electron chi connectivity index (χ2n) is 6.59. The maximum Gasteiger partial charge on any atom is 0.321 e. The van der Waals surface area contributed by atoms with Crippen LogP contribution >= 0.6 is 0 Å². The molecular formula is C17H26N4O2. The third kappa shape index (κ3) is 3.93. The van der Waals surface area contributed by atoms with Crippen LogP contribution in [0.2, 0.25) is 0 Å². The number of carbonyl (C=O) groups excluding carboxylic acids is 2. The molecule has 0 spiro atoms. The van der Waals surface area contributed by atoms with Crippen molar-refractivity contribution in [2.45, 2.75) is 57.7 Å². The number of fused-ring (bicyclic) bond motifs is 1. The van der Waals surface area contributed by atoms with Crippen LogP contribution in [0.15, 0.2) is 18.3 Å². The molecule has 1 aliphatic carbocycles. The molecule has 2 N–H and O–H groups in total. The predicted molar refractivity (Wildman–Crippen MR) is 88.0 cm³/mol. The van der Waals surface area contributed by atoms with Gasteiger partial charge in [0.2, 0.25) is 5.91 Å². The Morgan fingerprint density at radius 2 is 2.04 bits per heavy atom. The highest BCUT2D eigenvalue weighted by atomic mass is 16.2. The van der Waals surface area contributed by atoms with Crippen molar-refractivity contribution in [1.82, 2.24) is 20.1 Å². The Hall–Kier alpha value is -1.82. The maximum absolute atomic E-state index is 12.0. The average molecular weight is 318 g/mol. The van der Waals surface area contributed by atoms with E-state index in [0.29, 0.717) is 19.0 Å². The third-order valence-electron chi connectivity index (χ3n) is 5.04. The van der Waals surface area contributed by atoms with Gasteiger partial charge in [0.05, 0.1) is 0 Å². The summed E-state index contributed by atoms with van der Waals surface area (Å²) < 4.78 is 2.26. The fourth-order valence-corrected chi connectivity index (χ4v) is 3.66. The van der Waals surface area contributed by atoms with Gasteiger partial charge in [0, 0.05) is 50.0 Å². The van der Waals surface area contributed by atoms with E-state index in [1.807, 2.05) is 0 Å². The predicted octanol–water partition coefficient (Wildman–Crippen LogP) is 2.02. The lowest BCUT2D eigenvalue weighted by molar-refractivity contribution is -0.120. The van der Waals surface area contributed by atoms with Crippen molar-refractivity contribution in [3.63, 3.8) is 0 Å². The van der Waals surface area contributed by atoms with E-state index in [9.17, 15) is 9.59 Å². The first-order valence-corrected chi connectivity index (χ1v) is 8.63. The Bertz CT molecular complexity index is 563. The molecular weight excluding hydrogens is 292 g/mol. The Kier molecular flexibility index (Phi) is 5.00. The molecule has 6 nitrogen and oxygen atoms in total. The SMILES string of the molecule is CC1c2cccn2CCN1CCC(=O)NC(=O)NC1CCCC1. The number of hydrogen-bond donors (Lipinski definition) is 2. The summed E-state index contributed by atoms with van der Waals surface area (Å²) in [5.74, 6) is -0.200. The average Bonchev–Trinajstić information content (AvgIpc) is 3.17. The molecule has 0 aromatic carbocycles. The Labute approximate surface area is 137 Å². The summed E-state index contributed by atoms with van der Waals surface area (Å²) in [5.41, 5.74) is 1.29. The second kappa shape index (κ2) is 7.17. The standard InChI is InChI=1S/C17H26N4O2/c1-13-15-7-4-9-21(15)12-11-20(13)10-8-16(22)19-17(23)18-14-5-2-3-6-14/h4,7,9,13-14H,2-3,5-6,8,10-12H2,1H3,(H2,18,19,22,23). The monoisotopic (exact) mass is 318 g/mol. The smallest absolute Gasteiger partial charge is 0.321 e. The lowest BCUT2D eigenvalue weighted by atomic mass is 10.1. The zero-order chi connectivity index (χ0) is 16.2. The number of urea groups is 1. The van der Waals surface area contributed by atoms with Crippen LogP contribution in [0.4, 0.5) is 4.79 Å². The van der Waals surface area contributed by atoms with Crippen molar-refractivity contribution in [3.8, 4) is 0 Å². The van der Waals surface area contributed by atoms with Gasteiger partial charge in [-0.25, -0.2) is 4.79 Å². The van der Waals surface area contributed by atoms with Crippen LogP contribution in [0.5, 0.6) is 0 Å². The van der Waals surface area contributed by atoms with Gasteiger partial charge in [-0.2, -0.15) is 0 Å². The van der Waals surface area contributed by atoms with Gasteiger partial charge in [0.25, 0.3) is 0 Å². The van der Waals surface area contributed by atoms with Crippen molar-refractivity contribution < 1.29 is 9.59 Å². The largest absolute Gasteiger partial charge is 0.349 e. The molecule has 1 aromatic heterocycles. The highest BCUT2D eigenvalue weighted by molar-refractivity contribution is 5.94. The van der Waals surface area contributed by atoms with E-state index in [0.717, 1.165) is 38.8 Å². The van der Waals surface area contributed by atoms with Gasteiger partial charge in [0.1, 0.15) is 0 Å². The molecule has 1 fully saturated rings. The summed E-state index contributed by atoms with van der Waals surface area (Å²) in [4.78, 5) is 26.1. The first kappa shape index (κ1) is 16.1. The highest BCUT2D eigenvalue weighted by Crippen LogP contribution is 2.25. The van der Waals surface area contributed by atoms with Gasteiger partial charge in [0.15, 0.2) is 0 Å². The summed E-state index contributed by atoms with van der Waals surface area (Å²) in [7, 11) is 0. The van der Waals surface area contributed by atoms with Crippen LogP contribution in [-0.2, 0) is 11.3 Å². The number of amides is 3. The van der Waals surface area contributed by atoms with E-state index in [4.69, 9.17) is 0 Å². The maximum atomic E-state index is 12.0. The Morgan fingerprint density at radius 1 is 1.26 bits per heavy atom. The van der Waals surface area contributed by atoms with Crippen molar-refractivity contribution in [1.29, 1.82) is 0 Å². The van der Waals surface area contributed by atoms with Gasteiger partial charge in [-0.1, -0.05) is 12.8 Å². The fourth-order valence-electron chi connectivity index (χ4n) is 3.66. The van der Waals surface area contributed by atoms with Crippen LogP contribution in [0.1, 0.15) is 50.8 Å². The number of rotatable bonds is 4. The zero-order valence-corrected chi connectivity index (χ0v) is 13.8. The van der Waals surface area contributed by atoms with Crippen molar-refractivity contribution in [2.75, 3.05) is 13.1 Å². The van der Waals surface area contributed by atoms with Crippen LogP contribution in [0, 0.1) is 0 Å². The lowest BCUT2D eigenvalue weighted by Gasteiger charge is -2.34. The van der Waals surface area contributed by atoms with E-state index in [-0.39, 0.29) is 18.0 Å². The van der Waals surface area contributed by atoms with Crippen molar-refractivity contribution in [2.24, 2.45) is 0 Å². The molecule has 0 bridgehead atoms. The molecule has 0 radical (unpaired) electrons. The number of nitrogens with one attached hydrogen (secondary N) is 2. The fraction of sp³-hybridized carbons (Fsp3) is 0.647. The molecule has 2 heterocycles.